The third-order valence-electron chi connectivity index (χ3n) is 1.19. The summed E-state index contributed by atoms with van der Waals surface area (Å²) < 4.78 is 36.0. The van der Waals surface area contributed by atoms with E-state index in [4.69, 9.17) is 16.7 Å². The minimum Gasteiger partial charge on any atom is -0.247 e. The summed E-state index contributed by atoms with van der Waals surface area (Å²) in [5, 5.41) is 4.50. The summed E-state index contributed by atoms with van der Waals surface area (Å²) in [4.78, 5) is -0.392. The summed E-state index contributed by atoms with van der Waals surface area (Å²) >= 11 is 5.24. The lowest BCUT2D eigenvalue weighted by Crippen LogP contribution is -2.05. The molecule has 1 unspecified atom stereocenters. The highest BCUT2D eigenvalue weighted by atomic mass is 35.5. The average molecular weight is 212 g/mol. The molecule has 0 spiro atoms. The van der Waals surface area contributed by atoms with Crippen LogP contribution >= 0.6 is 11.6 Å². The third-order valence-corrected chi connectivity index (χ3v) is 2.23. The van der Waals surface area contributed by atoms with Gasteiger partial charge in [-0.3, -0.25) is 0 Å². The minimum absolute atomic E-state index is 0.360. The van der Waals surface area contributed by atoms with Crippen molar-refractivity contribution in [3.63, 3.8) is 0 Å². The topological polar surface area (TPSA) is 43.1 Å². The molecule has 6 heteroatoms. The largest absolute Gasteiger partial charge is 0.247 e. The Bertz CT molecular complexity index is 345. The maximum Gasteiger partial charge on any atom is 0.143 e. The minimum atomic E-state index is -2.03. The summed E-state index contributed by atoms with van der Waals surface area (Å²) in [7, 11) is -2.03. The highest BCUT2D eigenvalue weighted by molar-refractivity contribution is 7.82. The van der Waals surface area contributed by atoms with Crippen molar-refractivity contribution in [3.8, 4) is 0 Å². The zero-order valence-corrected chi connectivity index (χ0v) is 7.25. The number of rotatable bonds is 1. The van der Waals surface area contributed by atoms with Crippen LogP contribution in [0.3, 0.4) is 0 Å². The lowest BCUT2D eigenvalue weighted by atomic mass is 10.3. The average Bonchev–Trinajstić information content (AvgIpc) is 1.96. The van der Waals surface area contributed by atoms with E-state index in [0.717, 1.165) is 6.07 Å². The van der Waals surface area contributed by atoms with Crippen LogP contribution in [0.1, 0.15) is 0 Å². The Balaban J connectivity index is 3.33. The molecule has 0 saturated heterocycles. The van der Waals surface area contributed by atoms with Crippen molar-refractivity contribution >= 4 is 22.6 Å². The summed E-state index contributed by atoms with van der Waals surface area (Å²) in [5.41, 5.74) is 0. The van der Waals surface area contributed by atoms with Crippen LogP contribution in [-0.4, -0.2) is 4.21 Å². The molecule has 2 nitrogen and oxygen atoms in total. The van der Waals surface area contributed by atoms with Crippen LogP contribution < -0.4 is 5.14 Å². The van der Waals surface area contributed by atoms with Crippen LogP contribution in [-0.2, 0) is 11.0 Å². The van der Waals surface area contributed by atoms with Crippen LogP contribution in [0.25, 0.3) is 0 Å². The van der Waals surface area contributed by atoms with Crippen LogP contribution in [0.5, 0.6) is 0 Å². The molecule has 0 fully saturated rings. The smallest absolute Gasteiger partial charge is 0.143 e. The zero-order valence-electron chi connectivity index (χ0n) is 5.68. The van der Waals surface area contributed by atoms with E-state index in [1.165, 1.54) is 0 Å². The van der Waals surface area contributed by atoms with Gasteiger partial charge in [0.15, 0.2) is 0 Å². The Morgan fingerprint density at radius 1 is 1.33 bits per heavy atom. The van der Waals surface area contributed by atoms with Gasteiger partial charge in [-0.1, -0.05) is 11.6 Å². The number of hydrogen-bond donors (Lipinski definition) is 1. The first-order valence-electron chi connectivity index (χ1n) is 2.83. The molecule has 1 rings (SSSR count). The molecule has 0 saturated carbocycles. The zero-order chi connectivity index (χ0) is 9.30. The molecule has 0 bridgehead atoms. The molecule has 1 aromatic carbocycles. The highest BCUT2D eigenvalue weighted by Crippen LogP contribution is 2.20. The van der Waals surface area contributed by atoms with E-state index in [-0.39, 0.29) is 5.02 Å². The van der Waals surface area contributed by atoms with Gasteiger partial charge in [0.1, 0.15) is 22.6 Å². The van der Waals surface area contributed by atoms with Gasteiger partial charge < -0.3 is 0 Å². The van der Waals surface area contributed by atoms with Crippen molar-refractivity contribution in [2.45, 2.75) is 4.90 Å². The molecule has 0 heterocycles. The fourth-order valence-electron chi connectivity index (χ4n) is 0.658. The Kier molecular flexibility index (Phi) is 2.76. The fraction of sp³-hybridized carbons (Fsp3) is 0. The van der Waals surface area contributed by atoms with Crippen molar-refractivity contribution in [2.75, 3.05) is 0 Å². The van der Waals surface area contributed by atoms with Crippen molar-refractivity contribution in [1.29, 1.82) is 0 Å². The van der Waals surface area contributed by atoms with Gasteiger partial charge >= 0.3 is 0 Å². The first-order chi connectivity index (χ1) is 5.52. The molecule has 0 radical (unpaired) electrons. The number of hydrogen-bond acceptors (Lipinski definition) is 1. The Morgan fingerprint density at radius 2 is 1.92 bits per heavy atom. The molecule has 1 aromatic rings. The molecule has 1 atom stereocenters. The number of benzene rings is 1. The Morgan fingerprint density at radius 3 is 2.42 bits per heavy atom. The normalized spacial score (nSPS) is 13.0. The molecule has 2 N–H and O–H groups in total. The molecule has 12 heavy (non-hydrogen) atoms. The van der Waals surface area contributed by atoms with Gasteiger partial charge in [0.2, 0.25) is 0 Å². The molecule has 66 valence electrons. The van der Waals surface area contributed by atoms with E-state index in [9.17, 15) is 13.0 Å². The van der Waals surface area contributed by atoms with E-state index in [0.29, 0.717) is 6.07 Å². The molecule has 0 aliphatic carbocycles. The first kappa shape index (κ1) is 9.57. The van der Waals surface area contributed by atoms with Crippen LogP contribution in [0.4, 0.5) is 8.78 Å². The van der Waals surface area contributed by atoms with Gasteiger partial charge in [0, 0.05) is 0 Å². The first-order valence-corrected chi connectivity index (χ1v) is 4.42. The molecule has 0 aliphatic rings. The van der Waals surface area contributed by atoms with Crippen LogP contribution in [0, 0.1) is 11.6 Å². The fourth-order valence-corrected chi connectivity index (χ4v) is 1.28. The second-order valence-corrected chi connectivity index (χ2v) is 3.44. The van der Waals surface area contributed by atoms with E-state index < -0.39 is 27.5 Å². The lowest BCUT2D eigenvalue weighted by Gasteiger charge is -1.99. The van der Waals surface area contributed by atoms with Crippen molar-refractivity contribution in [1.82, 2.24) is 0 Å². The summed E-state index contributed by atoms with van der Waals surface area (Å²) in [6.45, 7) is 0. The number of halogens is 3. The predicted octanol–water partition coefficient (Wildman–Crippen LogP) is 1.60. The SMILES string of the molecule is NS(=O)c1cc(F)c(Cl)cc1F. The highest BCUT2D eigenvalue weighted by Gasteiger charge is 2.11. The van der Waals surface area contributed by atoms with Gasteiger partial charge in [-0.2, -0.15) is 0 Å². The lowest BCUT2D eigenvalue weighted by molar-refractivity contribution is 0.572. The molecule has 0 aromatic heterocycles. The monoisotopic (exact) mass is 211 g/mol. The van der Waals surface area contributed by atoms with Gasteiger partial charge in [-0.25, -0.2) is 18.1 Å². The van der Waals surface area contributed by atoms with Crippen molar-refractivity contribution in [3.05, 3.63) is 28.8 Å². The van der Waals surface area contributed by atoms with Crippen LogP contribution in [0.15, 0.2) is 17.0 Å². The maximum absolute atomic E-state index is 12.8. The third kappa shape index (κ3) is 1.80. The second-order valence-electron chi connectivity index (χ2n) is 1.99. The van der Waals surface area contributed by atoms with Crippen molar-refractivity contribution < 1.29 is 13.0 Å². The maximum atomic E-state index is 12.8. The molecular weight excluding hydrogens is 208 g/mol. The standard InChI is InChI=1S/C6H4ClF2NOS/c7-3-1-5(9)6(12(10)11)2-4(3)8/h1-2H,10H2. The van der Waals surface area contributed by atoms with E-state index in [1.54, 1.807) is 0 Å². The van der Waals surface area contributed by atoms with E-state index in [1.807, 2.05) is 0 Å². The summed E-state index contributed by atoms with van der Waals surface area (Å²) in [6.07, 6.45) is 0. The second kappa shape index (κ2) is 3.47. The Hall–Kier alpha value is -0.520. The predicted molar refractivity (Wildman–Crippen MR) is 42.0 cm³/mol. The van der Waals surface area contributed by atoms with E-state index >= 15 is 0 Å². The summed E-state index contributed by atoms with van der Waals surface area (Å²) in [5.74, 6) is -1.71. The summed E-state index contributed by atoms with van der Waals surface area (Å²) in [6, 6.07) is 1.45. The number of nitrogens with two attached hydrogens (primary N) is 1. The van der Waals surface area contributed by atoms with Gasteiger partial charge in [0.05, 0.1) is 9.92 Å². The molecular formula is C6H4ClF2NOS. The molecule has 0 aliphatic heterocycles. The van der Waals surface area contributed by atoms with E-state index in [2.05, 4.69) is 0 Å². The van der Waals surface area contributed by atoms with Crippen LogP contribution in [0.2, 0.25) is 5.02 Å². The van der Waals surface area contributed by atoms with Gasteiger partial charge in [-0.15, -0.1) is 0 Å². The quantitative estimate of drug-likeness (QED) is 0.705. The van der Waals surface area contributed by atoms with Gasteiger partial charge in [0.25, 0.3) is 0 Å². The van der Waals surface area contributed by atoms with Crippen molar-refractivity contribution in [2.24, 2.45) is 5.14 Å². The molecule has 0 amide bonds. The van der Waals surface area contributed by atoms with Gasteiger partial charge in [-0.05, 0) is 12.1 Å². The Labute approximate surface area is 74.9 Å².